The minimum Gasteiger partial charge on any atom is -0.327 e. The SMILES string of the molecule is C[N+](C)(CCCCl)CCN=C=S.O=S(=O)(O)C(F)(F)F. The van der Waals surface area contributed by atoms with Crippen LogP contribution in [0.1, 0.15) is 6.42 Å². The molecule has 0 aromatic rings. The van der Waals surface area contributed by atoms with Crippen LogP contribution in [-0.4, -0.2) is 67.7 Å². The number of thiocarbonyl (C=S) groups is 1. The summed E-state index contributed by atoms with van der Waals surface area (Å²) in [4.78, 5) is 3.88. The highest BCUT2D eigenvalue weighted by molar-refractivity contribution is 7.86. The molecule has 0 rings (SSSR count). The molecule has 0 radical (unpaired) electrons. The van der Waals surface area contributed by atoms with Crippen molar-refractivity contribution in [3.8, 4) is 0 Å². The van der Waals surface area contributed by atoms with Crippen LogP contribution in [0.3, 0.4) is 0 Å². The fourth-order valence-corrected chi connectivity index (χ4v) is 1.18. The lowest BCUT2D eigenvalue weighted by Crippen LogP contribution is -2.42. The highest BCUT2D eigenvalue weighted by Crippen LogP contribution is 2.20. The molecule has 120 valence electrons. The van der Waals surface area contributed by atoms with E-state index in [-0.39, 0.29) is 0 Å². The van der Waals surface area contributed by atoms with E-state index in [2.05, 4.69) is 36.5 Å². The van der Waals surface area contributed by atoms with Gasteiger partial charge in [0.05, 0.1) is 38.9 Å². The van der Waals surface area contributed by atoms with Crippen LogP contribution in [0.2, 0.25) is 0 Å². The maximum absolute atomic E-state index is 10.7. The van der Waals surface area contributed by atoms with E-state index in [0.717, 1.165) is 36.4 Å². The van der Waals surface area contributed by atoms with Gasteiger partial charge < -0.3 is 4.48 Å². The third kappa shape index (κ3) is 12.8. The lowest BCUT2D eigenvalue weighted by Gasteiger charge is -2.28. The number of alkyl halides is 4. The molecule has 20 heavy (non-hydrogen) atoms. The van der Waals surface area contributed by atoms with E-state index in [1.165, 1.54) is 0 Å². The standard InChI is InChI=1S/C8H16ClN2S.CHF3O3S/c1-11(2,6-3-4-9)7-5-10-8-12;2-1(3,4)8(5,6)7/h3-7H2,1-2H3;(H,5,6,7)/q+1;. The average molecular weight is 358 g/mol. The molecule has 0 saturated carbocycles. The summed E-state index contributed by atoms with van der Waals surface area (Å²) >= 11 is 10.1. The van der Waals surface area contributed by atoms with E-state index in [1.54, 1.807) is 0 Å². The zero-order chi connectivity index (χ0) is 16.4. The number of halogens is 4. The van der Waals surface area contributed by atoms with Gasteiger partial charge in [-0.25, -0.2) is 4.99 Å². The molecular formula is C9H17ClF3N2O3S2+. The maximum atomic E-state index is 10.7. The molecule has 0 aliphatic rings. The number of isothiocyanates is 1. The first-order valence-corrected chi connectivity index (χ1v) is 7.71. The second-order valence-corrected chi connectivity index (χ2v) is 6.29. The van der Waals surface area contributed by atoms with Crippen LogP contribution >= 0.6 is 23.8 Å². The van der Waals surface area contributed by atoms with E-state index < -0.39 is 15.6 Å². The van der Waals surface area contributed by atoms with E-state index in [1.807, 2.05) is 0 Å². The lowest BCUT2D eigenvalue weighted by atomic mass is 10.3. The summed E-state index contributed by atoms with van der Waals surface area (Å²) in [5.74, 6) is 0.734. The van der Waals surface area contributed by atoms with Crippen molar-refractivity contribution in [1.82, 2.24) is 0 Å². The van der Waals surface area contributed by atoms with Crippen LogP contribution < -0.4 is 0 Å². The van der Waals surface area contributed by atoms with Gasteiger partial charge in [-0.05, 0) is 12.2 Å². The first-order valence-electron chi connectivity index (χ1n) is 5.33. The van der Waals surface area contributed by atoms with Crippen molar-refractivity contribution in [2.24, 2.45) is 4.99 Å². The molecule has 5 nitrogen and oxygen atoms in total. The van der Waals surface area contributed by atoms with Crippen molar-refractivity contribution >= 4 is 39.1 Å². The van der Waals surface area contributed by atoms with Crippen molar-refractivity contribution in [2.75, 3.05) is 39.6 Å². The lowest BCUT2D eigenvalue weighted by molar-refractivity contribution is -0.888. The van der Waals surface area contributed by atoms with Crippen molar-refractivity contribution in [2.45, 2.75) is 11.9 Å². The van der Waals surface area contributed by atoms with E-state index in [9.17, 15) is 13.2 Å². The molecule has 0 unspecified atom stereocenters. The molecule has 0 fully saturated rings. The fraction of sp³-hybridized carbons (Fsp3) is 0.889. The summed E-state index contributed by atoms with van der Waals surface area (Å²) in [5.41, 5.74) is -5.53. The number of likely N-dealkylation sites (N-methyl/N-ethyl adjacent to an activating group) is 1. The van der Waals surface area contributed by atoms with Crippen molar-refractivity contribution in [3.05, 3.63) is 0 Å². The molecule has 0 bridgehead atoms. The van der Waals surface area contributed by atoms with Gasteiger partial charge in [-0.15, -0.1) is 11.6 Å². The van der Waals surface area contributed by atoms with Crippen LogP contribution in [0.15, 0.2) is 4.99 Å². The predicted molar refractivity (Wildman–Crippen MR) is 74.7 cm³/mol. The van der Waals surface area contributed by atoms with Crippen LogP contribution in [-0.2, 0) is 10.1 Å². The Morgan fingerprint density at radius 3 is 2.10 bits per heavy atom. The van der Waals surface area contributed by atoms with Crippen LogP contribution in [0.4, 0.5) is 13.2 Å². The molecule has 0 aliphatic heterocycles. The molecular weight excluding hydrogens is 341 g/mol. The van der Waals surface area contributed by atoms with Crippen molar-refractivity contribution in [1.29, 1.82) is 0 Å². The van der Waals surface area contributed by atoms with E-state index >= 15 is 0 Å². The predicted octanol–water partition coefficient (Wildman–Crippen LogP) is 2.19. The highest BCUT2D eigenvalue weighted by Gasteiger charge is 2.44. The van der Waals surface area contributed by atoms with Gasteiger partial charge in [-0.3, -0.25) is 4.55 Å². The van der Waals surface area contributed by atoms with Gasteiger partial charge in [0, 0.05) is 12.3 Å². The zero-order valence-corrected chi connectivity index (χ0v) is 13.4. The number of hydrogen-bond acceptors (Lipinski definition) is 4. The van der Waals surface area contributed by atoms with Gasteiger partial charge in [-0.1, -0.05) is 0 Å². The highest BCUT2D eigenvalue weighted by atomic mass is 35.5. The Morgan fingerprint density at radius 1 is 1.35 bits per heavy atom. The van der Waals surface area contributed by atoms with Crippen molar-refractivity contribution < 1.29 is 30.6 Å². The van der Waals surface area contributed by atoms with Gasteiger partial charge in [-0.2, -0.15) is 21.6 Å². The van der Waals surface area contributed by atoms with Gasteiger partial charge in [0.1, 0.15) is 0 Å². The molecule has 11 heteroatoms. The van der Waals surface area contributed by atoms with Crippen molar-refractivity contribution in [3.63, 3.8) is 0 Å². The van der Waals surface area contributed by atoms with Gasteiger partial charge in [0.25, 0.3) is 0 Å². The van der Waals surface area contributed by atoms with E-state index in [0.29, 0.717) is 0 Å². The molecule has 0 heterocycles. The Hall–Kier alpha value is -0.250. The normalized spacial score (nSPS) is 12.2. The second kappa shape index (κ2) is 9.64. The summed E-state index contributed by atoms with van der Waals surface area (Å²) in [6.07, 6.45) is 1.05. The molecule has 0 atom stereocenters. The Labute approximate surface area is 126 Å². The Morgan fingerprint density at radius 2 is 1.80 bits per heavy atom. The minimum atomic E-state index is -5.84. The number of nitrogens with zero attached hydrogens (tertiary/aromatic N) is 2. The number of rotatable bonds is 6. The number of hydrogen-bond donors (Lipinski definition) is 1. The van der Waals surface area contributed by atoms with Crippen LogP contribution in [0, 0.1) is 0 Å². The van der Waals surface area contributed by atoms with Gasteiger partial charge in [0.2, 0.25) is 0 Å². The monoisotopic (exact) mass is 357 g/mol. The van der Waals surface area contributed by atoms with Gasteiger partial charge in [0.15, 0.2) is 0 Å². The molecule has 0 amide bonds. The fourth-order valence-electron chi connectivity index (χ4n) is 0.966. The molecule has 0 aromatic carbocycles. The second-order valence-electron chi connectivity index (χ2n) is 4.32. The smallest absolute Gasteiger partial charge is 0.327 e. The van der Waals surface area contributed by atoms with Gasteiger partial charge >= 0.3 is 15.6 Å². The summed E-state index contributed by atoms with van der Waals surface area (Å²) < 4.78 is 58.5. The minimum absolute atomic E-state index is 0.734. The summed E-state index contributed by atoms with van der Waals surface area (Å²) in [6.45, 7) is 2.86. The quantitative estimate of drug-likeness (QED) is 0.198. The van der Waals surface area contributed by atoms with Crippen LogP contribution in [0.5, 0.6) is 0 Å². The average Bonchev–Trinajstić information content (AvgIpc) is 2.25. The first-order chi connectivity index (χ1) is 8.87. The number of quaternary nitrogens is 1. The molecule has 0 saturated heterocycles. The largest absolute Gasteiger partial charge is 0.522 e. The summed E-state index contributed by atoms with van der Waals surface area (Å²) in [7, 11) is -1.50. The zero-order valence-electron chi connectivity index (χ0n) is 11.0. The third-order valence-corrected chi connectivity index (χ3v) is 3.05. The Balaban J connectivity index is 0. The number of aliphatic imine (C=N–C) groups is 1. The summed E-state index contributed by atoms with van der Waals surface area (Å²) in [6, 6.07) is 0. The van der Waals surface area contributed by atoms with Crippen LogP contribution in [0.25, 0.3) is 0 Å². The molecule has 0 spiro atoms. The Bertz CT molecular complexity index is 421. The maximum Gasteiger partial charge on any atom is 0.522 e. The first kappa shape index (κ1) is 22.0. The molecule has 0 aliphatic carbocycles. The van der Waals surface area contributed by atoms with E-state index in [4.69, 9.17) is 24.6 Å². The molecule has 0 aromatic heterocycles. The summed E-state index contributed by atoms with van der Waals surface area (Å²) in [5, 5.41) is 2.37. The topological polar surface area (TPSA) is 66.7 Å². The molecule has 1 N–H and O–H groups in total. The third-order valence-electron chi connectivity index (χ3n) is 2.07. The Kier molecular flexibility index (Phi) is 10.6.